The molecule has 1 atom stereocenters. The summed E-state index contributed by atoms with van der Waals surface area (Å²) < 4.78 is 5.52. The van der Waals surface area contributed by atoms with Crippen molar-refractivity contribution in [1.82, 2.24) is 4.90 Å². The first kappa shape index (κ1) is 14.6. The Bertz CT molecular complexity index is 502. The van der Waals surface area contributed by atoms with E-state index in [1.165, 1.54) is 11.1 Å². The maximum Gasteiger partial charge on any atom is 0.411 e. The van der Waals surface area contributed by atoms with Gasteiger partial charge in [-0.2, -0.15) is 0 Å². The highest BCUT2D eigenvalue weighted by atomic mass is 16.6. The molecule has 1 aliphatic rings. The summed E-state index contributed by atoms with van der Waals surface area (Å²) in [5.41, 5.74) is 2.09. The molecule has 0 aliphatic heterocycles. The van der Waals surface area contributed by atoms with E-state index in [2.05, 4.69) is 18.7 Å². The third kappa shape index (κ3) is 3.21. The second kappa shape index (κ2) is 5.70. The van der Waals surface area contributed by atoms with Gasteiger partial charge in [-0.3, -0.25) is 4.90 Å². The molecule has 0 saturated heterocycles. The van der Waals surface area contributed by atoms with Crippen LogP contribution in [0.5, 0.6) is 0 Å². The van der Waals surface area contributed by atoms with Gasteiger partial charge in [-0.05, 0) is 44.7 Å². The molecule has 0 bridgehead atoms. The topological polar surface area (TPSA) is 29.5 Å². The van der Waals surface area contributed by atoms with Gasteiger partial charge in [0.1, 0.15) is 5.60 Å². The molecule has 1 aromatic carbocycles. The number of carbonyl (C=O) groups excluding carboxylic acids is 1. The van der Waals surface area contributed by atoms with Crippen LogP contribution in [0.15, 0.2) is 36.9 Å². The Morgan fingerprint density at radius 2 is 2.15 bits per heavy atom. The molecule has 0 N–H and O–H groups in total. The van der Waals surface area contributed by atoms with E-state index in [1.807, 2.05) is 32.9 Å². The lowest BCUT2D eigenvalue weighted by atomic mass is 10.1. The van der Waals surface area contributed by atoms with Crippen LogP contribution in [-0.4, -0.2) is 23.1 Å². The van der Waals surface area contributed by atoms with E-state index in [1.54, 1.807) is 11.0 Å². The third-order valence-corrected chi connectivity index (χ3v) is 3.43. The molecule has 20 heavy (non-hydrogen) atoms. The van der Waals surface area contributed by atoms with Crippen molar-refractivity contribution in [2.45, 2.75) is 45.3 Å². The summed E-state index contributed by atoms with van der Waals surface area (Å²) in [6, 6.07) is 8.41. The fourth-order valence-corrected chi connectivity index (χ4v) is 2.65. The first-order valence-electron chi connectivity index (χ1n) is 7.10. The van der Waals surface area contributed by atoms with Crippen molar-refractivity contribution in [2.24, 2.45) is 0 Å². The zero-order valence-corrected chi connectivity index (χ0v) is 12.6. The van der Waals surface area contributed by atoms with Crippen LogP contribution >= 0.6 is 0 Å². The van der Waals surface area contributed by atoms with Gasteiger partial charge in [0.25, 0.3) is 0 Å². The lowest BCUT2D eigenvalue weighted by Gasteiger charge is -2.31. The van der Waals surface area contributed by atoms with Gasteiger partial charge in [0, 0.05) is 6.54 Å². The Balaban J connectivity index is 2.22. The van der Waals surface area contributed by atoms with Gasteiger partial charge in [0.15, 0.2) is 0 Å². The zero-order valence-electron chi connectivity index (χ0n) is 12.6. The van der Waals surface area contributed by atoms with Crippen LogP contribution in [0.1, 0.15) is 44.4 Å². The molecule has 0 saturated carbocycles. The molecule has 0 fully saturated rings. The van der Waals surface area contributed by atoms with E-state index in [0.717, 1.165) is 12.8 Å². The molecule has 0 radical (unpaired) electrons. The Morgan fingerprint density at radius 1 is 1.45 bits per heavy atom. The molecule has 0 heterocycles. The highest BCUT2D eigenvalue weighted by molar-refractivity contribution is 5.69. The van der Waals surface area contributed by atoms with Crippen molar-refractivity contribution in [3.63, 3.8) is 0 Å². The van der Waals surface area contributed by atoms with E-state index >= 15 is 0 Å². The smallest absolute Gasteiger partial charge is 0.411 e. The molecule has 3 heteroatoms. The van der Waals surface area contributed by atoms with Crippen LogP contribution in [0.2, 0.25) is 0 Å². The number of nitrogens with zero attached hydrogens (tertiary/aromatic N) is 1. The van der Waals surface area contributed by atoms with Gasteiger partial charge in [-0.1, -0.05) is 30.3 Å². The minimum atomic E-state index is -0.478. The van der Waals surface area contributed by atoms with Gasteiger partial charge in [0.05, 0.1) is 6.04 Å². The van der Waals surface area contributed by atoms with Gasteiger partial charge >= 0.3 is 6.09 Å². The third-order valence-electron chi connectivity index (χ3n) is 3.43. The molecular formula is C17H23NO2. The lowest BCUT2D eigenvalue weighted by molar-refractivity contribution is 0.0186. The summed E-state index contributed by atoms with van der Waals surface area (Å²) >= 11 is 0. The first-order chi connectivity index (χ1) is 9.42. The monoisotopic (exact) mass is 273 g/mol. The number of carbonyl (C=O) groups is 1. The molecular weight excluding hydrogens is 250 g/mol. The van der Waals surface area contributed by atoms with Crippen LogP contribution < -0.4 is 0 Å². The fourth-order valence-electron chi connectivity index (χ4n) is 2.65. The Morgan fingerprint density at radius 3 is 2.80 bits per heavy atom. The highest BCUT2D eigenvalue weighted by Crippen LogP contribution is 2.36. The number of benzene rings is 1. The van der Waals surface area contributed by atoms with E-state index in [0.29, 0.717) is 6.54 Å². The quantitative estimate of drug-likeness (QED) is 0.776. The summed E-state index contributed by atoms with van der Waals surface area (Å²) in [6.45, 7) is 9.93. The molecule has 2 rings (SSSR count). The SMILES string of the molecule is C=CCN(C(=O)OC(C)(C)C)C1CCc2ccccc21. The lowest BCUT2D eigenvalue weighted by Crippen LogP contribution is -2.38. The Labute approximate surface area is 121 Å². The number of hydrogen-bond donors (Lipinski definition) is 0. The van der Waals surface area contributed by atoms with Crippen LogP contribution in [0.3, 0.4) is 0 Å². The predicted octanol–water partition coefficient (Wildman–Crippen LogP) is 4.10. The Hall–Kier alpha value is -1.77. The molecule has 1 aliphatic carbocycles. The maximum absolute atomic E-state index is 12.4. The number of hydrogen-bond acceptors (Lipinski definition) is 2. The van der Waals surface area contributed by atoms with Crippen molar-refractivity contribution < 1.29 is 9.53 Å². The molecule has 108 valence electrons. The number of ether oxygens (including phenoxy) is 1. The second-order valence-electron chi connectivity index (χ2n) is 6.17. The van der Waals surface area contributed by atoms with Gasteiger partial charge in [-0.25, -0.2) is 4.79 Å². The highest BCUT2D eigenvalue weighted by Gasteiger charge is 2.32. The second-order valence-corrected chi connectivity index (χ2v) is 6.17. The summed E-state index contributed by atoms with van der Waals surface area (Å²) in [4.78, 5) is 14.2. The zero-order chi connectivity index (χ0) is 14.8. The average Bonchev–Trinajstić information content (AvgIpc) is 2.77. The summed E-state index contributed by atoms with van der Waals surface area (Å²) in [6.07, 6.45) is 3.45. The molecule has 0 aromatic heterocycles. The number of rotatable bonds is 3. The molecule has 1 unspecified atom stereocenters. The van der Waals surface area contributed by atoms with E-state index in [-0.39, 0.29) is 12.1 Å². The van der Waals surface area contributed by atoms with Crippen LogP contribution in [-0.2, 0) is 11.2 Å². The minimum absolute atomic E-state index is 0.0963. The standard InChI is InChI=1S/C17H23NO2/c1-5-12-18(16(19)20-17(2,3)4)15-11-10-13-8-6-7-9-14(13)15/h5-9,15H,1,10-12H2,2-4H3. The first-order valence-corrected chi connectivity index (χ1v) is 7.10. The van der Waals surface area contributed by atoms with Gasteiger partial charge in [-0.15, -0.1) is 6.58 Å². The van der Waals surface area contributed by atoms with Crippen LogP contribution in [0, 0.1) is 0 Å². The molecule has 1 aromatic rings. The minimum Gasteiger partial charge on any atom is -0.444 e. The fraction of sp³-hybridized carbons (Fsp3) is 0.471. The maximum atomic E-state index is 12.4. The molecule has 0 spiro atoms. The van der Waals surface area contributed by atoms with Crippen LogP contribution in [0.25, 0.3) is 0 Å². The van der Waals surface area contributed by atoms with E-state index in [4.69, 9.17) is 4.74 Å². The van der Waals surface area contributed by atoms with Crippen molar-refractivity contribution in [3.05, 3.63) is 48.0 Å². The van der Waals surface area contributed by atoms with Crippen molar-refractivity contribution in [3.8, 4) is 0 Å². The van der Waals surface area contributed by atoms with Crippen molar-refractivity contribution >= 4 is 6.09 Å². The predicted molar refractivity (Wildman–Crippen MR) is 80.6 cm³/mol. The Kier molecular flexibility index (Phi) is 4.17. The number of fused-ring (bicyclic) bond motifs is 1. The summed E-state index contributed by atoms with van der Waals surface area (Å²) in [7, 11) is 0. The number of aryl methyl sites for hydroxylation is 1. The van der Waals surface area contributed by atoms with Gasteiger partial charge in [0.2, 0.25) is 0 Å². The molecule has 3 nitrogen and oxygen atoms in total. The number of amides is 1. The summed E-state index contributed by atoms with van der Waals surface area (Å²) in [5, 5.41) is 0. The average molecular weight is 273 g/mol. The normalized spacial score (nSPS) is 17.4. The largest absolute Gasteiger partial charge is 0.444 e. The van der Waals surface area contributed by atoms with Crippen LogP contribution in [0.4, 0.5) is 4.79 Å². The van der Waals surface area contributed by atoms with Gasteiger partial charge < -0.3 is 4.74 Å². The van der Waals surface area contributed by atoms with Crippen molar-refractivity contribution in [2.75, 3.05) is 6.54 Å². The van der Waals surface area contributed by atoms with E-state index in [9.17, 15) is 4.79 Å². The summed E-state index contributed by atoms with van der Waals surface area (Å²) in [5.74, 6) is 0. The van der Waals surface area contributed by atoms with E-state index < -0.39 is 5.60 Å². The molecule has 1 amide bonds. The van der Waals surface area contributed by atoms with Crippen molar-refractivity contribution in [1.29, 1.82) is 0 Å².